The van der Waals surface area contributed by atoms with Crippen molar-refractivity contribution >= 4 is 29.9 Å². The number of benzene rings is 1. The van der Waals surface area contributed by atoms with Crippen molar-refractivity contribution in [1.29, 1.82) is 0 Å². The van der Waals surface area contributed by atoms with Gasteiger partial charge in [-0.05, 0) is 18.6 Å². The second kappa shape index (κ2) is 9.09. The zero-order chi connectivity index (χ0) is 18.1. The second-order valence-corrected chi connectivity index (χ2v) is 4.77. The summed E-state index contributed by atoms with van der Waals surface area (Å²) in [6, 6.07) is 8.08. The largest absolute Gasteiger partial charge is 0.448 e. The average molecular weight is 333 g/mol. The summed E-state index contributed by atoms with van der Waals surface area (Å²) in [4.78, 5) is 46.2. The predicted molar refractivity (Wildman–Crippen MR) is 86.4 cm³/mol. The van der Waals surface area contributed by atoms with Gasteiger partial charge in [-0.1, -0.05) is 30.3 Å². The van der Waals surface area contributed by atoms with E-state index in [-0.39, 0.29) is 5.70 Å². The van der Waals surface area contributed by atoms with Crippen molar-refractivity contribution in [2.45, 2.75) is 20.0 Å². The molecular weight excluding hydrogens is 314 g/mol. The normalized spacial score (nSPS) is 11.9. The number of amides is 4. The molecule has 0 spiro atoms. The van der Waals surface area contributed by atoms with E-state index in [0.29, 0.717) is 5.56 Å². The lowest BCUT2D eigenvalue weighted by molar-refractivity contribution is -0.151. The SMILES string of the molecule is CNC(=O)NC(=O)[C@H](C)OC(=O)/C(=C/c1ccccc1)NC(C)=O. The Morgan fingerprint density at radius 3 is 2.25 bits per heavy atom. The lowest BCUT2D eigenvalue weighted by Gasteiger charge is -2.14. The number of imide groups is 1. The van der Waals surface area contributed by atoms with Gasteiger partial charge in [0.15, 0.2) is 6.10 Å². The Hall–Kier alpha value is -3.16. The van der Waals surface area contributed by atoms with Crippen LogP contribution in [0.2, 0.25) is 0 Å². The Labute approximate surface area is 139 Å². The second-order valence-electron chi connectivity index (χ2n) is 4.77. The fourth-order valence-electron chi connectivity index (χ4n) is 1.61. The van der Waals surface area contributed by atoms with E-state index in [0.717, 1.165) is 0 Å². The zero-order valence-electron chi connectivity index (χ0n) is 13.6. The van der Waals surface area contributed by atoms with Gasteiger partial charge in [-0.25, -0.2) is 9.59 Å². The van der Waals surface area contributed by atoms with Crippen LogP contribution in [-0.2, 0) is 19.1 Å². The molecule has 0 heterocycles. The summed E-state index contributed by atoms with van der Waals surface area (Å²) in [5.74, 6) is -2.14. The molecule has 0 fully saturated rings. The van der Waals surface area contributed by atoms with E-state index >= 15 is 0 Å². The molecule has 24 heavy (non-hydrogen) atoms. The molecular formula is C16H19N3O5. The molecule has 8 nitrogen and oxygen atoms in total. The third-order valence-corrected chi connectivity index (χ3v) is 2.76. The molecule has 1 aromatic rings. The highest BCUT2D eigenvalue weighted by atomic mass is 16.5. The fourth-order valence-corrected chi connectivity index (χ4v) is 1.61. The smallest absolute Gasteiger partial charge is 0.355 e. The molecule has 0 bridgehead atoms. The van der Waals surface area contributed by atoms with Crippen molar-refractivity contribution in [3.8, 4) is 0 Å². The Kier molecular flexibility index (Phi) is 7.15. The summed E-state index contributed by atoms with van der Waals surface area (Å²) >= 11 is 0. The molecule has 0 unspecified atom stereocenters. The molecule has 0 saturated heterocycles. The van der Waals surface area contributed by atoms with Gasteiger partial charge in [0, 0.05) is 14.0 Å². The van der Waals surface area contributed by atoms with Crippen molar-refractivity contribution < 1.29 is 23.9 Å². The molecule has 0 saturated carbocycles. The van der Waals surface area contributed by atoms with E-state index in [4.69, 9.17) is 4.74 Å². The molecule has 0 aromatic heterocycles. The number of ether oxygens (including phenoxy) is 1. The summed E-state index contributed by atoms with van der Waals surface area (Å²) in [6.07, 6.45) is 0.204. The first-order valence-electron chi connectivity index (χ1n) is 7.11. The van der Waals surface area contributed by atoms with Crippen molar-refractivity contribution in [2.75, 3.05) is 7.05 Å². The van der Waals surface area contributed by atoms with Crippen molar-refractivity contribution in [3.05, 3.63) is 41.6 Å². The van der Waals surface area contributed by atoms with Crippen LogP contribution in [0.25, 0.3) is 6.08 Å². The van der Waals surface area contributed by atoms with Gasteiger partial charge in [-0.15, -0.1) is 0 Å². The summed E-state index contributed by atoms with van der Waals surface area (Å²) in [5.41, 5.74) is 0.550. The van der Waals surface area contributed by atoms with Crippen molar-refractivity contribution in [3.63, 3.8) is 0 Å². The highest BCUT2D eigenvalue weighted by Gasteiger charge is 2.22. The molecule has 0 aliphatic carbocycles. The van der Waals surface area contributed by atoms with Gasteiger partial charge in [-0.3, -0.25) is 14.9 Å². The van der Waals surface area contributed by atoms with Crippen LogP contribution in [0, 0.1) is 0 Å². The van der Waals surface area contributed by atoms with Gasteiger partial charge in [0.2, 0.25) is 5.91 Å². The molecule has 3 N–H and O–H groups in total. The molecule has 0 aliphatic heterocycles. The topological polar surface area (TPSA) is 114 Å². The van der Waals surface area contributed by atoms with Crippen LogP contribution in [0.15, 0.2) is 36.0 Å². The maximum absolute atomic E-state index is 12.2. The molecule has 1 aromatic carbocycles. The van der Waals surface area contributed by atoms with E-state index in [1.165, 1.54) is 27.0 Å². The first-order valence-corrected chi connectivity index (χ1v) is 7.11. The number of carbonyl (C=O) groups excluding carboxylic acids is 4. The molecule has 0 aliphatic rings. The fraction of sp³-hybridized carbons (Fsp3) is 0.250. The molecule has 8 heteroatoms. The van der Waals surface area contributed by atoms with Crippen molar-refractivity contribution in [2.24, 2.45) is 0 Å². The minimum absolute atomic E-state index is 0.117. The maximum atomic E-state index is 12.2. The standard InChI is InChI=1S/C16H19N3O5/c1-10(14(21)19-16(23)17-3)24-15(22)13(18-11(2)20)9-12-7-5-4-6-8-12/h4-10H,1-3H3,(H,18,20)(H2,17,19,21,23)/b13-9-/t10-/m0/s1. The maximum Gasteiger partial charge on any atom is 0.355 e. The van der Waals surface area contributed by atoms with Gasteiger partial charge in [-0.2, -0.15) is 0 Å². The van der Waals surface area contributed by atoms with E-state index in [9.17, 15) is 19.2 Å². The summed E-state index contributed by atoms with van der Waals surface area (Å²) in [6.45, 7) is 2.55. The quantitative estimate of drug-likeness (QED) is 0.538. The van der Waals surface area contributed by atoms with Crippen LogP contribution in [0.1, 0.15) is 19.4 Å². The highest BCUT2D eigenvalue weighted by molar-refractivity contribution is 6.00. The van der Waals surface area contributed by atoms with E-state index in [1.54, 1.807) is 30.3 Å². The van der Waals surface area contributed by atoms with Crippen LogP contribution < -0.4 is 16.0 Å². The third kappa shape index (κ3) is 6.30. The van der Waals surface area contributed by atoms with Gasteiger partial charge in [0.05, 0.1) is 0 Å². The Bertz CT molecular complexity index is 655. The minimum Gasteiger partial charge on any atom is -0.448 e. The van der Waals surface area contributed by atoms with Crippen LogP contribution >= 0.6 is 0 Å². The van der Waals surface area contributed by atoms with E-state index in [2.05, 4.69) is 10.6 Å². The van der Waals surface area contributed by atoms with Crippen LogP contribution in [0.3, 0.4) is 0 Å². The van der Waals surface area contributed by atoms with Crippen LogP contribution in [0.4, 0.5) is 4.79 Å². The number of urea groups is 1. The number of rotatable bonds is 5. The van der Waals surface area contributed by atoms with Crippen molar-refractivity contribution in [1.82, 2.24) is 16.0 Å². The van der Waals surface area contributed by atoms with Gasteiger partial charge >= 0.3 is 12.0 Å². The van der Waals surface area contributed by atoms with E-state index < -0.39 is 29.9 Å². The van der Waals surface area contributed by atoms with Gasteiger partial charge < -0.3 is 15.4 Å². The lowest BCUT2D eigenvalue weighted by atomic mass is 10.2. The first-order chi connectivity index (χ1) is 11.3. The Morgan fingerprint density at radius 2 is 1.71 bits per heavy atom. The third-order valence-electron chi connectivity index (χ3n) is 2.76. The predicted octanol–water partition coefficient (Wildman–Crippen LogP) is 0.551. The lowest BCUT2D eigenvalue weighted by Crippen LogP contribution is -2.44. The van der Waals surface area contributed by atoms with Gasteiger partial charge in [0.1, 0.15) is 5.70 Å². The molecule has 1 atom stereocenters. The van der Waals surface area contributed by atoms with Gasteiger partial charge in [0.25, 0.3) is 5.91 Å². The molecule has 0 radical (unpaired) electrons. The first kappa shape index (κ1) is 18.9. The average Bonchev–Trinajstić information content (AvgIpc) is 2.54. The Balaban J connectivity index is 2.85. The molecule has 4 amide bonds. The van der Waals surface area contributed by atoms with E-state index in [1.807, 2.05) is 5.32 Å². The zero-order valence-corrected chi connectivity index (χ0v) is 13.6. The highest BCUT2D eigenvalue weighted by Crippen LogP contribution is 2.07. The number of nitrogens with one attached hydrogen (secondary N) is 3. The monoisotopic (exact) mass is 333 g/mol. The Morgan fingerprint density at radius 1 is 1.08 bits per heavy atom. The van der Waals surface area contributed by atoms with Crippen LogP contribution in [0.5, 0.6) is 0 Å². The number of esters is 1. The number of hydrogen-bond acceptors (Lipinski definition) is 5. The minimum atomic E-state index is -1.22. The number of carbonyl (C=O) groups is 4. The summed E-state index contributed by atoms with van der Waals surface area (Å²) < 4.78 is 4.98. The summed E-state index contributed by atoms with van der Waals surface area (Å²) in [7, 11) is 1.34. The summed E-state index contributed by atoms with van der Waals surface area (Å²) in [5, 5.41) is 6.56. The molecule has 128 valence electrons. The molecule has 1 rings (SSSR count). The van der Waals surface area contributed by atoms with Crippen LogP contribution in [-0.4, -0.2) is 37.0 Å². The number of hydrogen-bond donors (Lipinski definition) is 3.